The first-order chi connectivity index (χ1) is 8.16. The van der Waals surface area contributed by atoms with E-state index in [0.29, 0.717) is 6.04 Å². The first-order valence-electron chi connectivity index (χ1n) is 7.66. The molecular weight excluding hydrogens is 208 g/mol. The maximum Gasteiger partial charge on any atom is 0.0170 e. The van der Waals surface area contributed by atoms with Gasteiger partial charge in [0.15, 0.2) is 0 Å². The predicted octanol–water partition coefficient (Wildman–Crippen LogP) is 3.01. The third-order valence-electron chi connectivity index (χ3n) is 4.60. The lowest BCUT2D eigenvalue weighted by molar-refractivity contribution is 0.175. The van der Waals surface area contributed by atoms with E-state index in [9.17, 15) is 0 Å². The molecule has 2 fully saturated rings. The van der Waals surface area contributed by atoms with Gasteiger partial charge in [-0.05, 0) is 50.5 Å². The van der Waals surface area contributed by atoms with E-state index in [1.165, 1.54) is 51.5 Å². The van der Waals surface area contributed by atoms with Gasteiger partial charge in [0.05, 0.1) is 0 Å². The molecule has 2 aliphatic rings. The minimum absolute atomic E-state index is 0.386. The molecule has 2 unspecified atom stereocenters. The van der Waals surface area contributed by atoms with Gasteiger partial charge in [-0.1, -0.05) is 26.7 Å². The summed E-state index contributed by atoms with van der Waals surface area (Å²) in [6.45, 7) is 6.99. The lowest BCUT2D eigenvalue weighted by Gasteiger charge is -2.31. The fourth-order valence-corrected chi connectivity index (χ4v) is 3.94. The van der Waals surface area contributed by atoms with E-state index in [1.807, 2.05) is 0 Å². The fourth-order valence-electron chi connectivity index (χ4n) is 3.94. The zero-order chi connectivity index (χ0) is 12.3. The highest BCUT2D eigenvalue weighted by Gasteiger charge is 2.33. The van der Waals surface area contributed by atoms with Gasteiger partial charge in [0.25, 0.3) is 0 Å². The molecule has 2 atom stereocenters. The second-order valence-corrected chi connectivity index (χ2v) is 6.64. The molecule has 0 radical (unpaired) electrons. The van der Waals surface area contributed by atoms with Gasteiger partial charge in [-0.15, -0.1) is 0 Å². The lowest BCUT2D eigenvalue weighted by atomic mass is 9.95. The Balaban J connectivity index is 1.82. The van der Waals surface area contributed by atoms with E-state index in [2.05, 4.69) is 18.7 Å². The molecule has 2 nitrogen and oxygen atoms in total. The molecule has 0 aromatic carbocycles. The quantitative estimate of drug-likeness (QED) is 0.798. The van der Waals surface area contributed by atoms with Crippen LogP contribution in [0.1, 0.15) is 58.8 Å². The number of hydrogen-bond donors (Lipinski definition) is 1. The molecule has 100 valence electrons. The average molecular weight is 238 g/mol. The Bertz CT molecular complexity index is 221. The van der Waals surface area contributed by atoms with Crippen molar-refractivity contribution in [3.8, 4) is 0 Å². The second kappa shape index (κ2) is 6.19. The van der Waals surface area contributed by atoms with Crippen LogP contribution in [0.2, 0.25) is 0 Å². The molecule has 2 N–H and O–H groups in total. The number of nitrogens with zero attached hydrogens (tertiary/aromatic N) is 1. The molecule has 0 amide bonds. The molecule has 1 saturated heterocycles. The summed E-state index contributed by atoms with van der Waals surface area (Å²) >= 11 is 0. The van der Waals surface area contributed by atoms with Gasteiger partial charge < -0.3 is 5.73 Å². The first-order valence-corrected chi connectivity index (χ1v) is 7.66. The summed E-state index contributed by atoms with van der Waals surface area (Å²) in [5, 5.41) is 0. The highest BCUT2D eigenvalue weighted by atomic mass is 15.2. The van der Waals surface area contributed by atoms with E-state index in [1.54, 1.807) is 0 Å². The molecule has 2 rings (SSSR count). The molecule has 1 aliphatic heterocycles. The van der Waals surface area contributed by atoms with Crippen molar-refractivity contribution in [3.63, 3.8) is 0 Å². The summed E-state index contributed by atoms with van der Waals surface area (Å²) in [5.74, 6) is 1.72. The van der Waals surface area contributed by atoms with Gasteiger partial charge in [-0.3, -0.25) is 4.90 Å². The predicted molar refractivity (Wildman–Crippen MR) is 74.0 cm³/mol. The normalized spacial score (nSPS) is 29.3. The van der Waals surface area contributed by atoms with E-state index >= 15 is 0 Å². The fraction of sp³-hybridized carbons (Fsp3) is 1.00. The maximum atomic E-state index is 6.27. The van der Waals surface area contributed by atoms with Crippen LogP contribution >= 0.6 is 0 Å². The van der Waals surface area contributed by atoms with Crippen LogP contribution in [0.25, 0.3) is 0 Å². The number of nitrogens with two attached hydrogens (primary N) is 1. The summed E-state index contributed by atoms with van der Waals surface area (Å²) in [5.41, 5.74) is 6.27. The first kappa shape index (κ1) is 13.4. The largest absolute Gasteiger partial charge is 0.327 e. The number of likely N-dealkylation sites (tertiary alicyclic amines) is 1. The van der Waals surface area contributed by atoms with Crippen molar-refractivity contribution in [2.24, 2.45) is 17.6 Å². The average Bonchev–Trinajstić information content (AvgIpc) is 2.84. The Labute approximate surface area is 107 Å². The third kappa shape index (κ3) is 3.69. The molecule has 0 aromatic heterocycles. The Morgan fingerprint density at radius 1 is 1.12 bits per heavy atom. The number of hydrogen-bond acceptors (Lipinski definition) is 2. The van der Waals surface area contributed by atoms with Crippen molar-refractivity contribution in [2.45, 2.75) is 70.9 Å². The van der Waals surface area contributed by atoms with Crippen LogP contribution in [0.5, 0.6) is 0 Å². The van der Waals surface area contributed by atoms with E-state index in [4.69, 9.17) is 5.73 Å². The Kier molecular flexibility index (Phi) is 4.87. The van der Waals surface area contributed by atoms with Crippen LogP contribution in [-0.4, -0.2) is 30.1 Å². The van der Waals surface area contributed by atoms with Crippen LogP contribution in [0, 0.1) is 11.8 Å². The summed E-state index contributed by atoms with van der Waals surface area (Å²) in [6, 6.07) is 1.26. The van der Waals surface area contributed by atoms with Crippen molar-refractivity contribution in [2.75, 3.05) is 13.1 Å². The highest BCUT2D eigenvalue weighted by molar-refractivity contribution is 4.89. The van der Waals surface area contributed by atoms with Gasteiger partial charge in [0.1, 0.15) is 0 Å². The zero-order valence-electron chi connectivity index (χ0n) is 11.7. The van der Waals surface area contributed by atoms with Crippen molar-refractivity contribution in [1.29, 1.82) is 0 Å². The van der Waals surface area contributed by atoms with Crippen LogP contribution in [0.4, 0.5) is 0 Å². The van der Waals surface area contributed by atoms with E-state index in [0.717, 1.165) is 24.4 Å². The van der Waals surface area contributed by atoms with Crippen LogP contribution in [-0.2, 0) is 0 Å². The summed E-state index contributed by atoms with van der Waals surface area (Å²) in [6.07, 6.45) is 9.88. The van der Waals surface area contributed by atoms with Gasteiger partial charge in [-0.25, -0.2) is 0 Å². The molecule has 1 saturated carbocycles. The molecule has 2 heteroatoms. The topological polar surface area (TPSA) is 29.3 Å². The van der Waals surface area contributed by atoms with E-state index in [-0.39, 0.29) is 0 Å². The molecule has 0 bridgehead atoms. The molecule has 0 spiro atoms. The van der Waals surface area contributed by atoms with Crippen LogP contribution < -0.4 is 5.73 Å². The molecule has 1 aliphatic carbocycles. The number of rotatable bonds is 5. The minimum atomic E-state index is 0.386. The smallest absolute Gasteiger partial charge is 0.0170 e. The van der Waals surface area contributed by atoms with Gasteiger partial charge in [0, 0.05) is 18.6 Å². The van der Waals surface area contributed by atoms with Crippen molar-refractivity contribution >= 4 is 0 Å². The molecule has 1 heterocycles. The maximum absolute atomic E-state index is 6.27. The Morgan fingerprint density at radius 2 is 1.82 bits per heavy atom. The summed E-state index contributed by atoms with van der Waals surface area (Å²) in [7, 11) is 0. The van der Waals surface area contributed by atoms with Crippen molar-refractivity contribution in [3.05, 3.63) is 0 Å². The van der Waals surface area contributed by atoms with Crippen molar-refractivity contribution in [1.82, 2.24) is 4.90 Å². The van der Waals surface area contributed by atoms with Gasteiger partial charge >= 0.3 is 0 Å². The Hall–Kier alpha value is -0.0800. The Morgan fingerprint density at radius 3 is 2.47 bits per heavy atom. The summed E-state index contributed by atoms with van der Waals surface area (Å²) in [4.78, 5) is 2.71. The van der Waals surface area contributed by atoms with Gasteiger partial charge in [-0.2, -0.15) is 0 Å². The molecular formula is C15H30N2. The second-order valence-electron chi connectivity index (χ2n) is 6.64. The molecule has 0 aromatic rings. The van der Waals surface area contributed by atoms with Gasteiger partial charge in [0.2, 0.25) is 0 Å². The standard InChI is InChI=1S/C15H30N2/c1-12(2)10-14(16)11-17-9-5-8-15(17)13-6-3-4-7-13/h12-15H,3-11,16H2,1-2H3. The SMILES string of the molecule is CC(C)CC(N)CN1CCCC1C1CCCC1. The van der Waals surface area contributed by atoms with Crippen LogP contribution in [0.15, 0.2) is 0 Å². The monoisotopic (exact) mass is 238 g/mol. The highest BCUT2D eigenvalue weighted by Crippen LogP contribution is 2.35. The van der Waals surface area contributed by atoms with E-state index < -0.39 is 0 Å². The lowest BCUT2D eigenvalue weighted by Crippen LogP contribution is -2.43. The summed E-state index contributed by atoms with van der Waals surface area (Å²) < 4.78 is 0. The zero-order valence-corrected chi connectivity index (χ0v) is 11.7. The molecule has 17 heavy (non-hydrogen) atoms. The minimum Gasteiger partial charge on any atom is -0.327 e. The van der Waals surface area contributed by atoms with Crippen LogP contribution in [0.3, 0.4) is 0 Å². The third-order valence-corrected chi connectivity index (χ3v) is 4.60. The van der Waals surface area contributed by atoms with Crippen molar-refractivity contribution < 1.29 is 0 Å².